The van der Waals surface area contributed by atoms with Gasteiger partial charge in [-0.15, -0.1) is 0 Å². The summed E-state index contributed by atoms with van der Waals surface area (Å²) in [5, 5.41) is 3.30. The third-order valence-electron chi connectivity index (χ3n) is 3.97. The number of carbonyl (C=O) groups excluding carboxylic acids is 1. The number of anilines is 2. The summed E-state index contributed by atoms with van der Waals surface area (Å²) in [6, 6.07) is 10.5. The first-order valence-electron chi connectivity index (χ1n) is 9.06. The number of halogens is 3. The third kappa shape index (κ3) is 6.32. The summed E-state index contributed by atoms with van der Waals surface area (Å²) >= 11 is 15.2. The number of benzene rings is 2. The minimum Gasteiger partial charge on any atom is -0.481 e. The second-order valence-corrected chi connectivity index (χ2v) is 10.0. The first-order chi connectivity index (χ1) is 15.0. The molecule has 1 aromatic heterocycles. The van der Waals surface area contributed by atoms with Gasteiger partial charge >= 0.3 is 0 Å². The molecule has 32 heavy (non-hydrogen) atoms. The van der Waals surface area contributed by atoms with E-state index in [1.807, 2.05) is 0 Å². The van der Waals surface area contributed by atoms with E-state index in [0.29, 0.717) is 26.6 Å². The molecule has 3 aromatic rings. The minimum atomic E-state index is -3.89. The number of ether oxygens (including phenoxy) is 1. The molecule has 2 N–H and O–H groups in total. The molecule has 0 aliphatic heterocycles. The Labute approximate surface area is 203 Å². The van der Waals surface area contributed by atoms with Gasteiger partial charge in [0.15, 0.2) is 12.4 Å². The summed E-state index contributed by atoms with van der Waals surface area (Å²) in [6.07, 6.45) is 0. The first kappa shape index (κ1) is 24.2. The Morgan fingerprint density at radius 3 is 2.28 bits per heavy atom. The molecule has 0 spiro atoms. The largest absolute Gasteiger partial charge is 0.481 e. The normalized spacial score (nSPS) is 11.2. The van der Waals surface area contributed by atoms with Gasteiger partial charge < -0.3 is 10.1 Å². The summed E-state index contributed by atoms with van der Waals surface area (Å²) < 4.78 is 33.5. The van der Waals surface area contributed by atoms with Crippen LogP contribution >= 0.6 is 39.1 Å². The van der Waals surface area contributed by atoms with Crippen LogP contribution in [0, 0.1) is 13.8 Å². The Morgan fingerprint density at radius 1 is 1.06 bits per heavy atom. The lowest BCUT2D eigenvalue weighted by molar-refractivity contribution is -0.118. The van der Waals surface area contributed by atoms with Gasteiger partial charge in [0.05, 0.1) is 14.4 Å². The number of rotatable bonds is 7. The number of hydrogen-bond acceptors (Lipinski definition) is 6. The van der Waals surface area contributed by atoms with Crippen LogP contribution in [-0.2, 0) is 14.8 Å². The van der Waals surface area contributed by atoms with Gasteiger partial charge in [0.2, 0.25) is 5.95 Å². The van der Waals surface area contributed by atoms with Gasteiger partial charge in [-0.3, -0.25) is 4.79 Å². The molecule has 1 amide bonds. The van der Waals surface area contributed by atoms with Gasteiger partial charge in [-0.2, -0.15) is 0 Å². The van der Waals surface area contributed by atoms with Gasteiger partial charge in [0.1, 0.15) is 0 Å². The highest BCUT2D eigenvalue weighted by Crippen LogP contribution is 2.36. The fourth-order valence-corrected chi connectivity index (χ4v) is 4.98. The van der Waals surface area contributed by atoms with Crippen LogP contribution in [0.3, 0.4) is 0 Å². The van der Waals surface area contributed by atoms with E-state index < -0.39 is 15.9 Å². The van der Waals surface area contributed by atoms with Gasteiger partial charge in [0, 0.05) is 22.1 Å². The van der Waals surface area contributed by atoms with E-state index in [1.165, 1.54) is 30.3 Å². The Hall–Kier alpha value is -2.40. The Kier molecular flexibility index (Phi) is 7.60. The zero-order valence-electron chi connectivity index (χ0n) is 16.8. The van der Waals surface area contributed by atoms with Crippen LogP contribution in [0.4, 0.5) is 11.6 Å². The predicted octanol–water partition coefficient (Wildman–Crippen LogP) is 4.98. The van der Waals surface area contributed by atoms with Crippen molar-refractivity contribution in [2.45, 2.75) is 18.7 Å². The van der Waals surface area contributed by atoms with Crippen molar-refractivity contribution in [3.8, 4) is 5.75 Å². The molecule has 168 valence electrons. The van der Waals surface area contributed by atoms with Gasteiger partial charge in [0.25, 0.3) is 15.9 Å². The van der Waals surface area contributed by atoms with Crippen LogP contribution in [0.5, 0.6) is 5.75 Å². The summed E-state index contributed by atoms with van der Waals surface area (Å²) in [7, 11) is -3.89. The fourth-order valence-electron chi connectivity index (χ4n) is 2.67. The average Bonchev–Trinajstić information content (AvgIpc) is 2.66. The van der Waals surface area contributed by atoms with E-state index in [4.69, 9.17) is 27.9 Å². The molecule has 0 saturated carbocycles. The molecule has 3 rings (SSSR count). The first-order valence-corrected chi connectivity index (χ1v) is 12.1. The highest BCUT2D eigenvalue weighted by molar-refractivity contribution is 9.10. The lowest BCUT2D eigenvalue weighted by Gasteiger charge is -2.11. The van der Waals surface area contributed by atoms with E-state index in [2.05, 4.69) is 35.9 Å². The van der Waals surface area contributed by atoms with Crippen molar-refractivity contribution >= 4 is 66.7 Å². The smallest absolute Gasteiger partial charge is 0.264 e. The minimum absolute atomic E-state index is 0.00798. The van der Waals surface area contributed by atoms with E-state index in [0.717, 1.165) is 0 Å². The van der Waals surface area contributed by atoms with Crippen molar-refractivity contribution in [2.24, 2.45) is 0 Å². The van der Waals surface area contributed by atoms with E-state index in [1.54, 1.807) is 26.0 Å². The monoisotopic (exact) mass is 558 g/mol. The van der Waals surface area contributed by atoms with Crippen molar-refractivity contribution in [1.82, 2.24) is 9.97 Å². The number of aromatic nitrogens is 2. The van der Waals surface area contributed by atoms with Crippen molar-refractivity contribution in [3.63, 3.8) is 0 Å². The van der Waals surface area contributed by atoms with Gasteiger partial charge in [-0.05, 0) is 72.2 Å². The fraction of sp³-hybridized carbons (Fsp3) is 0.150. The van der Waals surface area contributed by atoms with E-state index >= 15 is 0 Å². The number of carbonyl (C=O) groups is 1. The quantitative estimate of drug-likeness (QED) is 0.422. The second kappa shape index (κ2) is 10.0. The highest BCUT2D eigenvalue weighted by atomic mass is 79.9. The van der Waals surface area contributed by atoms with Crippen LogP contribution in [0.2, 0.25) is 10.0 Å². The number of nitrogens with one attached hydrogen (secondary N) is 2. The number of sulfonamides is 1. The Morgan fingerprint density at radius 2 is 1.69 bits per heavy atom. The van der Waals surface area contributed by atoms with Crippen molar-refractivity contribution in [2.75, 3.05) is 16.6 Å². The second-order valence-electron chi connectivity index (χ2n) is 6.64. The van der Waals surface area contributed by atoms with E-state index in [9.17, 15) is 13.2 Å². The molecule has 0 radical (unpaired) electrons. The van der Waals surface area contributed by atoms with Crippen LogP contribution in [0.1, 0.15) is 11.4 Å². The molecular formula is C20H17BrCl2N4O4S. The highest BCUT2D eigenvalue weighted by Gasteiger charge is 2.17. The zero-order valence-corrected chi connectivity index (χ0v) is 20.7. The molecule has 0 aliphatic rings. The van der Waals surface area contributed by atoms with Crippen LogP contribution in [-0.4, -0.2) is 30.9 Å². The summed E-state index contributed by atoms with van der Waals surface area (Å²) in [5.74, 6) is -0.184. The maximum atomic E-state index is 12.6. The SMILES string of the molecule is Cc1cc(C)nc(NS(=O)(=O)c2ccc(NC(=O)COc3c(Cl)cc(Cl)cc3Br)cc2)n1. The molecule has 0 fully saturated rings. The molecule has 8 nitrogen and oxygen atoms in total. The topological polar surface area (TPSA) is 110 Å². The molecule has 0 unspecified atom stereocenters. The number of nitrogens with zero attached hydrogens (tertiary/aromatic N) is 2. The molecule has 1 heterocycles. The molecular weight excluding hydrogens is 543 g/mol. The maximum absolute atomic E-state index is 12.6. The lowest BCUT2D eigenvalue weighted by Crippen LogP contribution is -2.20. The summed E-state index contributed by atoms with van der Waals surface area (Å²) in [4.78, 5) is 20.3. The van der Waals surface area contributed by atoms with Crippen LogP contribution in [0.25, 0.3) is 0 Å². The van der Waals surface area contributed by atoms with Gasteiger partial charge in [-0.1, -0.05) is 23.2 Å². The van der Waals surface area contributed by atoms with Crippen LogP contribution in [0.15, 0.2) is 51.8 Å². The summed E-state index contributed by atoms with van der Waals surface area (Å²) in [6.45, 7) is 3.17. The number of hydrogen-bond donors (Lipinski definition) is 2. The molecule has 2 aromatic carbocycles. The summed E-state index contributed by atoms with van der Waals surface area (Å²) in [5.41, 5.74) is 1.67. The number of amides is 1. The molecule has 0 aliphatic carbocycles. The molecule has 0 atom stereocenters. The Balaban J connectivity index is 1.63. The average molecular weight is 560 g/mol. The third-order valence-corrected chi connectivity index (χ3v) is 6.40. The number of aryl methyl sites for hydroxylation is 2. The standard InChI is InChI=1S/C20H17BrCl2N4O4S/c1-11-7-12(2)25-20(24-11)27-32(29,30)15-5-3-14(4-6-15)26-18(28)10-31-19-16(21)8-13(22)9-17(19)23/h3-9H,10H2,1-2H3,(H,26,28)(H,24,25,27). The van der Waals surface area contributed by atoms with Gasteiger partial charge in [-0.25, -0.2) is 23.1 Å². The Bertz CT molecular complexity index is 1230. The zero-order chi connectivity index (χ0) is 23.5. The van der Waals surface area contributed by atoms with Crippen molar-refractivity contribution in [1.29, 1.82) is 0 Å². The van der Waals surface area contributed by atoms with Crippen molar-refractivity contribution < 1.29 is 17.9 Å². The molecule has 0 bridgehead atoms. The van der Waals surface area contributed by atoms with Crippen LogP contribution < -0.4 is 14.8 Å². The maximum Gasteiger partial charge on any atom is 0.264 e. The van der Waals surface area contributed by atoms with Crippen molar-refractivity contribution in [3.05, 3.63) is 68.4 Å². The lowest BCUT2D eigenvalue weighted by atomic mass is 10.3. The van der Waals surface area contributed by atoms with E-state index in [-0.39, 0.29) is 28.2 Å². The predicted molar refractivity (Wildman–Crippen MR) is 127 cm³/mol. The molecule has 12 heteroatoms. The molecule has 0 saturated heterocycles.